The predicted octanol–water partition coefficient (Wildman–Crippen LogP) is 3.29. The molecular weight excluding hydrogens is 198 g/mol. The fourth-order valence-corrected chi connectivity index (χ4v) is 2.65. The SMILES string of the molecule is CCCC1(C)CC(NC)c2ccccc2O1. The quantitative estimate of drug-likeness (QED) is 0.842. The molecule has 0 radical (unpaired) electrons. The van der Waals surface area contributed by atoms with Gasteiger partial charge in [0.05, 0.1) is 0 Å². The van der Waals surface area contributed by atoms with Crippen LogP contribution in [0, 0.1) is 0 Å². The zero-order valence-corrected chi connectivity index (χ0v) is 10.4. The van der Waals surface area contributed by atoms with Gasteiger partial charge in [-0.3, -0.25) is 0 Å². The Balaban J connectivity index is 2.31. The van der Waals surface area contributed by atoms with E-state index >= 15 is 0 Å². The first-order chi connectivity index (χ1) is 7.68. The van der Waals surface area contributed by atoms with Crippen molar-refractivity contribution in [3.8, 4) is 5.75 Å². The molecule has 0 saturated carbocycles. The van der Waals surface area contributed by atoms with Crippen molar-refractivity contribution in [3.05, 3.63) is 29.8 Å². The highest BCUT2D eigenvalue weighted by Gasteiger charge is 2.35. The lowest BCUT2D eigenvalue weighted by atomic mass is 9.85. The van der Waals surface area contributed by atoms with Crippen LogP contribution >= 0.6 is 0 Å². The summed E-state index contributed by atoms with van der Waals surface area (Å²) >= 11 is 0. The van der Waals surface area contributed by atoms with Crippen molar-refractivity contribution >= 4 is 0 Å². The molecule has 0 spiro atoms. The molecule has 1 aromatic rings. The molecule has 0 aliphatic carbocycles. The van der Waals surface area contributed by atoms with Gasteiger partial charge in [-0.2, -0.15) is 0 Å². The number of ether oxygens (including phenoxy) is 1. The van der Waals surface area contributed by atoms with Crippen LogP contribution in [0.1, 0.15) is 44.7 Å². The van der Waals surface area contributed by atoms with E-state index in [1.54, 1.807) is 0 Å². The van der Waals surface area contributed by atoms with Crippen LogP contribution in [0.15, 0.2) is 24.3 Å². The number of hydrogen-bond acceptors (Lipinski definition) is 2. The largest absolute Gasteiger partial charge is 0.487 e. The lowest BCUT2D eigenvalue weighted by Gasteiger charge is -2.40. The average Bonchev–Trinajstić information content (AvgIpc) is 2.28. The summed E-state index contributed by atoms with van der Waals surface area (Å²) in [5.41, 5.74) is 1.27. The van der Waals surface area contributed by atoms with Gasteiger partial charge in [0.2, 0.25) is 0 Å². The number of fused-ring (bicyclic) bond motifs is 1. The van der Waals surface area contributed by atoms with Gasteiger partial charge in [0.15, 0.2) is 0 Å². The average molecular weight is 219 g/mol. The van der Waals surface area contributed by atoms with Gasteiger partial charge in [-0.15, -0.1) is 0 Å². The molecule has 0 fully saturated rings. The Morgan fingerprint density at radius 1 is 1.44 bits per heavy atom. The molecule has 88 valence electrons. The van der Waals surface area contributed by atoms with E-state index < -0.39 is 0 Å². The summed E-state index contributed by atoms with van der Waals surface area (Å²) in [6.45, 7) is 4.43. The first-order valence-electron chi connectivity index (χ1n) is 6.14. The Morgan fingerprint density at radius 2 is 2.19 bits per heavy atom. The maximum absolute atomic E-state index is 6.15. The minimum Gasteiger partial charge on any atom is -0.487 e. The number of rotatable bonds is 3. The van der Waals surface area contributed by atoms with Gasteiger partial charge >= 0.3 is 0 Å². The summed E-state index contributed by atoms with van der Waals surface area (Å²) in [6, 6.07) is 8.77. The lowest BCUT2D eigenvalue weighted by molar-refractivity contribution is 0.0402. The number of para-hydroxylation sites is 1. The highest BCUT2D eigenvalue weighted by Crippen LogP contribution is 2.40. The van der Waals surface area contributed by atoms with Crippen molar-refractivity contribution in [2.45, 2.75) is 44.8 Å². The van der Waals surface area contributed by atoms with Gasteiger partial charge in [-0.05, 0) is 26.5 Å². The highest BCUT2D eigenvalue weighted by molar-refractivity contribution is 5.38. The minimum atomic E-state index is -0.0171. The number of benzene rings is 1. The molecule has 1 heterocycles. The molecule has 2 heteroatoms. The van der Waals surface area contributed by atoms with Crippen molar-refractivity contribution in [2.75, 3.05) is 7.05 Å². The Bertz CT molecular complexity index is 364. The zero-order chi connectivity index (χ0) is 11.6. The molecule has 1 aromatic carbocycles. The van der Waals surface area contributed by atoms with Crippen molar-refractivity contribution in [1.82, 2.24) is 5.32 Å². The number of nitrogens with one attached hydrogen (secondary N) is 1. The second-order valence-electron chi connectivity index (χ2n) is 4.89. The fraction of sp³-hybridized carbons (Fsp3) is 0.571. The van der Waals surface area contributed by atoms with Crippen molar-refractivity contribution < 1.29 is 4.74 Å². The highest BCUT2D eigenvalue weighted by atomic mass is 16.5. The van der Waals surface area contributed by atoms with Crippen LogP contribution in [-0.2, 0) is 0 Å². The molecule has 1 aliphatic rings. The summed E-state index contributed by atoms with van der Waals surface area (Å²) in [5.74, 6) is 1.05. The maximum Gasteiger partial charge on any atom is 0.124 e. The molecule has 2 nitrogen and oxygen atoms in total. The van der Waals surface area contributed by atoms with Crippen LogP contribution in [-0.4, -0.2) is 12.6 Å². The van der Waals surface area contributed by atoms with Crippen LogP contribution in [0.5, 0.6) is 5.75 Å². The van der Waals surface area contributed by atoms with Crippen LogP contribution in [0.25, 0.3) is 0 Å². The van der Waals surface area contributed by atoms with E-state index in [0.29, 0.717) is 6.04 Å². The molecule has 2 atom stereocenters. The first kappa shape index (κ1) is 11.5. The standard InChI is InChI=1S/C14H21NO/c1-4-9-14(2)10-12(15-3)11-7-5-6-8-13(11)16-14/h5-8,12,15H,4,9-10H2,1-3H3. The summed E-state index contributed by atoms with van der Waals surface area (Å²) in [5, 5.41) is 3.39. The lowest BCUT2D eigenvalue weighted by Crippen LogP contribution is -2.41. The summed E-state index contributed by atoms with van der Waals surface area (Å²) in [4.78, 5) is 0. The third-order valence-electron chi connectivity index (χ3n) is 3.41. The van der Waals surface area contributed by atoms with E-state index in [4.69, 9.17) is 4.74 Å². The zero-order valence-electron chi connectivity index (χ0n) is 10.4. The van der Waals surface area contributed by atoms with Crippen molar-refractivity contribution in [2.24, 2.45) is 0 Å². The fourth-order valence-electron chi connectivity index (χ4n) is 2.65. The normalized spacial score (nSPS) is 28.3. The molecule has 2 unspecified atom stereocenters. The molecule has 0 amide bonds. The summed E-state index contributed by atoms with van der Waals surface area (Å²) in [6.07, 6.45) is 3.32. The van der Waals surface area contributed by atoms with Crippen LogP contribution < -0.4 is 10.1 Å². The molecule has 0 saturated heterocycles. The van der Waals surface area contributed by atoms with Crippen molar-refractivity contribution in [3.63, 3.8) is 0 Å². The molecule has 1 aliphatic heterocycles. The summed E-state index contributed by atoms with van der Waals surface area (Å²) in [7, 11) is 2.03. The molecule has 0 aromatic heterocycles. The molecule has 1 N–H and O–H groups in total. The third kappa shape index (κ3) is 2.07. The Hall–Kier alpha value is -1.02. The van der Waals surface area contributed by atoms with Gasteiger partial charge in [-0.1, -0.05) is 31.5 Å². The number of hydrogen-bond donors (Lipinski definition) is 1. The first-order valence-corrected chi connectivity index (χ1v) is 6.14. The van der Waals surface area contributed by atoms with E-state index in [2.05, 4.69) is 37.4 Å². The van der Waals surface area contributed by atoms with E-state index in [0.717, 1.165) is 25.0 Å². The molecule has 2 rings (SSSR count). The van der Waals surface area contributed by atoms with E-state index in [9.17, 15) is 0 Å². The van der Waals surface area contributed by atoms with Crippen LogP contribution in [0.4, 0.5) is 0 Å². The van der Waals surface area contributed by atoms with Crippen LogP contribution in [0.3, 0.4) is 0 Å². The van der Waals surface area contributed by atoms with Crippen LogP contribution in [0.2, 0.25) is 0 Å². The van der Waals surface area contributed by atoms with Gasteiger partial charge < -0.3 is 10.1 Å². The van der Waals surface area contributed by atoms with Gasteiger partial charge in [0, 0.05) is 18.0 Å². The molecule has 0 bridgehead atoms. The Morgan fingerprint density at radius 3 is 2.88 bits per heavy atom. The minimum absolute atomic E-state index is 0.0171. The topological polar surface area (TPSA) is 21.3 Å². The summed E-state index contributed by atoms with van der Waals surface area (Å²) < 4.78 is 6.15. The molecular formula is C14H21NO. The Labute approximate surface area is 98.0 Å². The predicted molar refractivity (Wildman–Crippen MR) is 66.8 cm³/mol. The smallest absolute Gasteiger partial charge is 0.124 e. The van der Waals surface area contributed by atoms with Gasteiger partial charge in [-0.25, -0.2) is 0 Å². The second kappa shape index (κ2) is 4.46. The second-order valence-corrected chi connectivity index (χ2v) is 4.89. The maximum atomic E-state index is 6.15. The van der Waals surface area contributed by atoms with Crippen molar-refractivity contribution in [1.29, 1.82) is 0 Å². The third-order valence-corrected chi connectivity index (χ3v) is 3.41. The Kier molecular flexibility index (Phi) is 3.20. The van der Waals surface area contributed by atoms with Gasteiger partial charge in [0.25, 0.3) is 0 Å². The van der Waals surface area contributed by atoms with E-state index in [1.807, 2.05) is 13.1 Å². The molecule has 16 heavy (non-hydrogen) atoms. The monoisotopic (exact) mass is 219 g/mol. The van der Waals surface area contributed by atoms with Gasteiger partial charge in [0.1, 0.15) is 11.4 Å². The van der Waals surface area contributed by atoms with E-state index in [-0.39, 0.29) is 5.60 Å². The van der Waals surface area contributed by atoms with E-state index in [1.165, 1.54) is 5.56 Å².